The standard InChI is InChI=1S/C20H38N2O5S/c1-19(2,3)22(18(21)25)28(26,27)20(15-16-20)14-12-10-8-6-4-5-7-9-11-13-17(23)24/h4-16H2,1-3H3,(H2,21,25)(H,23,24). The average molecular weight is 419 g/mol. The third-order valence-corrected chi connectivity index (χ3v) is 8.34. The molecule has 164 valence electrons. The molecule has 0 bridgehead atoms. The second-order valence-electron chi connectivity index (χ2n) is 9.04. The lowest BCUT2D eigenvalue weighted by Crippen LogP contribution is -2.55. The molecule has 0 unspecified atom stereocenters. The lowest BCUT2D eigenvalue weighted by atomic mass is 10.0. The number of rotatable bonds is 14. The number of urea groups is 1. The molecule has 0 aliphatic heterocycles. The Bertz CT molecular complexity index is 621. The van der Waals surface area contributed by atoms with E-state index in [-0.39, 0.29) is 6.42 Å². The molecule has 2 amide bonds. The molecule has 1 rings (SSSR count). The molecule has 0 atom stereocenters. The average Bonchev–Trinajstić information content (AvgIpc) is 3.31. The van der Waals surface area contributed by atoms with Gasteiger partial charge in [0.2, 0.25) is 10.0 Å². The van der Waals surface area contributed by atoms with Gasteiger partial charge in [-0.2, -0.15) is 0 Å². The van der Waals surface area contributed by atoms with Crippen molar-refractivity contribution in [3.8, 4) is 0 Å². The van der Waals surface area contributed by atoms with Crippen molar-refractivity contribution in [3.63, 3.8) is 0 Å². The summed E-state index contributed by atoms with van der Waals surface area (Å²) in [5, 5.41) is 8.58. The second kappa shape index (κ2) is 10.5. The van der Waals surface area contributed by atoms with Crippen LogP contribution < -0.4 is 5.73 Å². The largest absolute Gasteiger partial charge is 0.481 e. The normalized spacial score (nSPS) is 16.0. The number of nitrogens with zero attached hydrogens (tertiary/aromatic N) is 1. The van der Waals surface area contributed by atoms with Crippen LogP contribution in [0, 0.1) is 0 Å². The maximum absolute atomic E-state index is 13.0. The van der Waals surface area contributed by atoms with Gasteiger partial charge in [-0.25, -0.2) is 17.5 Å². The zero-order valence-electron chi connectivity index (χ0n) is 17.7. The van der Waals surface area contributed by atoms with Crippen LogP contribution in [0.2, 0.25) is 0 Å². The third kappa shape index (κ3) is 7.26. The van der Waals surface area contributed by atoms with Crippen LogP contribution in [-0.2, 0) is 14.8 Å². The maximum Gasteiger partial charge on any atom is 0.328 e. The molecule has 0 saturated heterocycles. The molecule has 0 spiro atoms. The highest BCUT2D eigenvalue weighted by atomic mass is 32.2. The Morgan fingerprint density at radius 2 is 1.36 bits per heavy atom. The van der Waals surface area contributed by atoms with Gasteiger partial charge in [-0.1, -0.05) is 51.4 Å². The Kier molecular flexibility index (Phi) is 9.24. The number of carboxylic acids is 1. The lowest BCUT2D eigenvalue weighted by Gasteiger charge is -2.36. The minimum atomic E-state index is -3.75. The summed E-state index contributed by atoms with van der Waals surface area (Å²) in [4.78, 5) is 22.2. The van der Waals surface area contributed by atoms with E-state index in [4.69, 9.17) is 10.8 Å². The van der Waals surface area contributed by atoms with Crippen LogP contribution in [0.5, 0.6) is 0 Å². The van der Waals surface area contributed by atoms with E-state index in [2.05, 4.69) is 0 Å². The van der Waals surface area contributed by atoms with Gasteiger partial charge in [0.1, 0.15) is 0 Å². The number of carbonyl (C=O) groups is 2. The van der Waals surface area contributed by atoms with E-state index in [1.807, 2.05) is 0 Å². The first kappa shape index (κ1) is 24.7. The van der Waals surface area contributed by atoms with Gasteiger partial charge in [0.15, 0.2) is 0 Å². The number of amides is 2. The van der Waals surface area contributed by atoms with Crippen molar-refractivity contribution >= 4 is 22.0 Å². The number of primary amides is 1. The summed E-state index contributed by atoms with van der Waals surface area (Å²) in [6, 6.07) is -0.901. The zero-order valence-corrected chi connectivity index (χ0v) is 18.5. The predicted octanol–water partition coefficient (Wildman–Crippen LogP) is 4.40. The minimum Gasteiger partial charge on any atom is -0.481 e. The number of hydrogen-bond donors (Lipinski definition) is 2. The summed E-state index contributed by atoms with van der Waals surface area (Å²) in [6.07, 6.45) is 11.1. The fourth-order valence-corrected chi connectivity index (χ4v) is 6.11. The summed E-state index contributed by atoms with van der Waals surface area (Å²) >= 11 is 0. The number of nitrogens with two attached hydrogens (primary N) is 1. The van der Waals surface area contributed by atoms with Crippen LogP contribution in [0.15, 0.2) is 0 Å². The lowest BCUT2D eigenvalue weighted by molar-refractivity contribution is -0.137. The smallest absolute Gasteiger partial charge is 0.328 e. The van der Waals surface area contributed by atoms with Gasteiger partial charge in [0, 0.05) is 6.42 Å². The van der Waals surface area contributed by atoms with Crippen LogP contribution in [0.1, 0.15) is 104 Å². The van der Waals surface area contributed by atoms with Crippen molar-refractivity contribution in [1.29, 1.82) is 0 Å². The summed E-state index contributed by atoms with van der Waals surface area (Å²) in [5.41, 5.74) is 4.52. The zero-order chi connectivity index (χ0) is 21.4. The fourth-order valence-electron chi connectivity index (χ4n) is 3.74. The van der Waals surface area contributed by atoms with E-state index in [9.17, 15) is 18.0 Å². The van der Waals surface area contributed by atoms with Gasteiger partial charge in [0.05, 0.1) is 10.3 Å². The van der Waals surface area contributed by atoms with E-state index < -0.39 is 32.3 Å². The van der Waals surface area contributed by atoms with Crippen LogP contribution in [0.25, 0.3) is 0 Å². The highest BCUT2D eigenvalue weighted by Gasteiger charge is 2.58. The van der Waals surface area contributed by atoms with Crippen molar-refractivity contribution < 1.29 is 23.1 Å². The van der Waals surface area contributed by atoms with Crippen molar-refractivity contribution in [2.24, 2.45) is 5.73 Å². The van der Waals surface area contributed by atoms with Gasteiger partial charge in [-0.15, -0.1) is 0 Å². The van der Waals surface area contributed by atoms with Crippen LogP contribution in [0.4, 0.5) is 4.79 Å². The van der Waals surface area contributed by atoms with E-state index >= 15 is 0 Å². The molecule has 1 fully saturated rings. The fraction of sp³-hybridized carbons (Fsp3) is 0.900. The Morgan fingerprint density at radius 3 is 1.71 bits per heavy atom. The molecule has 0 aromatic carbocycles. The number of sulfonamides is 1. The summed E-state index contributed by atoms with van der Waals surface area (Å²) < 4.78 is 26.1. The van der Waals surface area contributed by atoms with Gasteiger partial charge in [-0.05, 0) is 46.5 Å². The first-order valence-corrected chi connectivity index (χ1v) is 11.9. The number of unbranched alkanes of at least 4 members (excludes halogenated alkanes) is 8. The molecule has 0 radical (unpaired) electrons. The van der Waals surface area contributed by atoms with Gasteiger partial charge < -0.3 is 10.8 Å². The molecule has 1 saturated carbocycles. The number of carboxylic acid groups (broad SMARTS) is 1. The number of aliphatic carboxylic acids is 1. The summed E-state index contributed by atoms with van der Waals surface area (Å²) in [6.45, 7) is 5.06. The molecule has 7 nitrogen and oxygen atoms in total. The Morgan fingerprint density at radius 1 is 0.929 bits per heavy atom. The molecule has 28 heavy (non-hydrogen) atoms. The number of hydrogen-bond acceptors (Lipinski definition) is 4. The third-order valence-electron chi connectivity index (χ3n) is 5.43. The molecule has 3 N–H and O–H groups in total. The molecule has 0 aromatic heterocycles. The van der Waals surface area contributed by atoms with Crippen LogP contribution in [-0.4, -0.2) is 40.1 Å². The van der Waals surface area contributed by atoms with E-state index in [1.165, 1.54) is 0 Å². The Labute approximate surface area is 170 Å². The molecule has 1 aliphatic rings. The molecule has 0 aromatic rings. The summed E-state index contributed by atoms with van der Waals surface area (Å²) in [5.74, 6) is -0.725. The predicted molar refractivity (Wildman–Crippen MR) is 110 cm³/mol. The second-order valence-corrected chi connectivity index (χ2v) is 11.2. The quantitative estimate of drug-likeness (QED) is 0.405. The van der Waals surface area contributed by atoms with Crippen molar-refractivity contribution in [1.82, 2.24) is 4.31 Å². The van der Waals surface area contributed by atoms with Crippen LogP contribution >= 0.6 is 0 Å². The first-order valence-electron chi connectivity index (χ1n) is 10.5. The molecular formula is C20H38N2O5S. The molecule has 0 heterocycles. The van der Waals surface area contributed by atoms with Crippen molar-refractivity contribution in [3.05, 3.63) is 0 Å². The van der Waals surface area contributed by atoms with Gasteiger partial charge in [0.25, 0.3) is 0 Å². The van der Waals surface area contributed by atoms with E-state index in [1.54, 1.807) is 20.8 Å². The highest BCUT2D eigenvalue weighted by Crippen LogP contribution is 2.50. The van der Waals surface area contributed by atoms with Crippen molar-refractivity contribution in [2.45, 2.75) is 115 Å². The SMILES string of the molecule is CC(C)(C)N(C(N)=O)S(=O)(=O)C1(CCCCCCCCCCCC(=O)O)CC1. The van der Waals surface area contributed by atoms with Gasteiger partial charge in [-0.3, -0.25) is 4.79 Å². The molecule has 8 heteroatoms. The first-order chi connectivity index (χ1) is 12.9. The Balaban J connectivity index is 2.28. The Hall–Kier alpha value is -1.31. The van der Waals surface area contributed by atoms with Crippen LogP contribution in [0.3, 0.4) is 0 Å². The van der Waals surface area contributed by atoms with Crippen molar-refractivity contribution in [2.75, 3.05) is 0 Å². The molecule has 1 aliphatic carbocycles. The monoisotopic (exact) mass is 418 g/mol. The highest BCUT2D eigenvalue weighted by molar-refractivity contribution is 7.91. The maximum atomic E-state index is 13.0. The van der Waals surface area contributed by atoms with E-state index in [0.29, 0.717) is 19.3 Å². The number of carbonyl (C=O) groups excluding carboxylic acids is 1. The topological polar surface area (TPSA) is 118 Å². The van der Waals surface area contributed by atoms with E-state index in [0.717, 1.165) is 62.1 Å². The summed E-state index contributed by atoms with van der Waals surface area (Å²) in [7, 11) is -3.75. The molecular weight excluding hydrogens is 380 g/mol. The van der Waals surface area contributed by atoms with Gasteiger partial charge >= 0.3 is 12.0 Å². The minimum absolute atomic E-state index is 0.257.